The van der Waals surface area contributed by atoms with Gasteiger partial charge in [-0.2, -0.15) is 0 Å². The van der Waals surface area contributed by atoms with Crippen LogP contribution in [0.4, 0.5) is 5.69 Å². The van der Waals surface area contributed by atoms with Gasteiger partial charge in [0.05, 0.1) is 15.2 Å². The van der Waals surface area contributed by atoms with E-state index in [1.165, 1.54) is 6.39 Å². The molecule has 2 N–H and O–H groups in total. The first kappa shape index (κ1) is 15.3. The minimum absolute atomic E-state index is 0.224. The normalized spacial score (nSPS) is 15.7. The van der Waals surface area contributed by atoms with Gasteiger partial charge in [0, 0.05) is 11.6 Å². The number of amides is 1. The van der Waals surface area contributed by atoms with Gasteiger partial charge in [-0.3, -0.25) is 4.79 Å². The van der Waals surface area contributed by atoms with E-state index >= 15 is 0 Å². The molecule has 7 heteroatoms. The van der Waals surface area contributed by atoms with Crippen molar-refractivity contribution in [1.29, 1.82) is 0 Å². The molecule has 6 nitrogen and oxygen atoms in total. The van der Waals surface area contributed by atoms with Crippen LogP contribution in [0.5, 0.6) is 0 Å². The summed E-state index contributed by atoms with van der Waals surface area (Å²) in [6.07, 6.45) is 3.28. The summed E-state index contributed by atoms with van der Waals surface area (Å²) >= 11 is 1.61. The molecule has 0 saturated carbocycles. The quantitative estimate of drug-likeness (QED) is 0.763. The molecule has 1 fully saturated rings. The summed E-state index contributed by atoms with van der Waals surface area (Å²) < 4.78 is 6.59. The van der Waals surface area contributed by atoms with E-state index < -0.39 is 0 Å². The molecule has 1 aromatic carbocycles. The van der Waals surface area contributed by atoms with Crippen LogP contribution < -0.4 is 10.6 Å². The molecule has 0 bridgehead atoms. The third-order valence-electron chi connectivity index (χ3n) is 4.27. The SMILES string of the molecule is Cc1nc2ccc(NC(=O)c3ncoc3C3CCNCC3)cc2s1. The van der Waals surface area contributed by atoms with Gasteiger partial charge in [0.25, 0.3) is 5.91 Å². The van der Waals surface area contributed by atoms with Crippen LogP contribution in [-0.2, 0) is 0 Å². The van der Waals surface area contributed by atoms with E-state index in [0.29, 0.717) is 11.5 Å². The highest BCUT2D eigenvalue weighted by molar-refractivity contribution is 7.18. The predicted octanol–water partition coefficient (Wildman–Crippen LogP) is 3.31. The van der Waals surface area contributed by atoms with Crippen molar-refractivity contribution < 1.29 is 9.21 Å². The number of rotatable bonds is 3. The first-order chi connectivity index (χ1) is 11.7. The van der Waals surface area contributed by atoms with Crippen molar-refractivity contribution in [3.05, 3.63) is 41.1 Å². The minimum atomic E-state index is -0.224. The number of thiazole rings is 1. The topological polar surface area (TPSA) is 80.1 Å². The number of oxazole rings is 1. The number of aromatic nitrogens is 2. The number of fused-ring (bicyclic) bond motifs is 1. The molecule has 24 heavy (non-hydrogen) atoms. The standard InChI is InChI=1S/C17H18N4O2S/c1-10-20-13-3-2-12(8-14(13)24-10)21-17(22)15-16(23-9-19-15)11-4-6-18-7-5-11/h2-3,8-9,11,18H,4-7H2,1H3,(H,21,22). The van der Waals surface area contributed by atoms with E-state index in [4.69, 9.17) is 4.42 Å². The number of benzene rings is 1. The van der Waals surface area contributed by atoms with Crippen molar-refractivity contribution in [3.8, 4) is 0 Å². The number of anilines is 1. The van der Waals surface area contributed by atoms with Gasteiger partial charge >= 0.3 is 0 Å². The lowest BCUT2D eigenvalue weighted by Gasteiger charge is -2.21. The lowest BCUT2D eigenvalue weighted by Crippen LogP contribution is -2.27. The summed E-state index contributed by atoms with van der Waals surface area (Å²) in [5.41, 5.74) is 2.09. The van der Waals surface area contributed by atoms with Crippen molar-refractivity contribution in [3.63, 3.8) is 0 Å². The van der Waals surface area contributed by atoms with Crippen LogP contribution in [0, 0.1) is 6.92 Å². The van der Waals surface area contributed by atoms with Gasteiger partial charge in [-0.15, -0.1) is 11.3 Å². The Labute approximate surface area is 143 Å². The summed E-state index contributed by atoms with van der Waals surface area (Å²) in [5, 5.41) is 7.26. The zero-order valence-electron chi connectivity index (χ0n) is 13.3. The smallest absolute Gasteiger partial charge is 0.277 e. The van der Waals surface area contributed by atoms with Crippen LogP contribution in [0.3, 0.4) is 0 Å². The monoisotopic (exact) mass is 342 g/mol. The number of carbonyl (C=O) groups is 1. The Kier molecular flexibility index (Phi) is 4.03. The number of aryl methyl sites for hydroxylation is 1. The van der Waals surface area contributed by atoms with Crippen LogP contribution in [0.1, 0.15) is 40.0 Å². The first-order valence-corrected chi connectivity index (χ1v) is 8.85. The highest BCUT2D eigenvalue weighted by Gasteiger charge is 2.26. The van der Waals surface area contributed by atoms with E-state index in [2.05, 4.69) is 20.6 Å². The number of carbonyl (C=O) groups excluding carboxylic acids is 1. The number of piperidine rings is 1. The molecule has 0 atom stereocenters. The molecule has 0 radical (unpaired) electrons. The maximum atomic E-state index is 12.6. The predicted molar refractivity (Wildman–Crippen MR) is 93.7 cm³/mol. The molecule has 1 saturated heterocycles. The van der Waals surface area contributed by atoms with Crippen LogP contribution in [0.25, 0.3) is 10.2 Å². The van der Waals surface area contributed by atoms with Gasteiger partial charge in [-0.25, -0.2) is 9.97 Å². The summed E-state index contributed by atoms with van der Waals surface area (Å²) in [6, 6.07) is 5.73. The second-order valence-electron chi connectivity index (χ2n) is 5.96. The second kappa shape index (κ2) is 6.33. The first-order valence-electron chi connectivity index (χ1n) is 8.03. The summed E-state index contributed by atoms with van der Waals surface area (Å²) in [5.74, 6) is 0.725. The average molecular weight is 342 g/mol. The molecule has 3 aromatic rings. The zero-order chi connectivity index (χ0) is 16.5. The van der Waals surface area contributed by atoms with E-state index in [1.807, 2.05) is 25.1 Å². The van der Waals surface area contributed by atoms with Crippen molar-refractivity contribution in [1.82, 2.24) is 15.3 Å². The van der Waals surface area contributed by atoms with Crippen molar-refractivity contribution >= 4 is 33.1 Å². The van der Waals surface area contributed by atoms with Gasteiger partial charge in [0.15, 0.2) is 12.1 Å². The van der Waals surface area contributed by atoms with Crippen molar-refractivity contribution in [2.24, 2.45) is 0 Å². The maximum Gasteiger partial charge on any atom is 0.277 e. The fourth-order valence-corrected chi connectivity index (χ4v) is 3.97. The van der Waals surface area contributed by atoms with Gasteiger partial charge in [-0.1, -0.05) is 0 Å². The van der Waals surface area contributed by atoms with Crippen LogP contribution >= 0.6 is 11.3 Å². The molecule has 1 amide bonds. The Balaban J connectivity index is 1.56. The highest BCUT2D eigenvalue weighted by atomic mass is 32.1. The van der Waals surface area contributed by atoms with E-state index in [-0.39, 0.29) is 11.8 Å². The Morgan fingerprint density at radius 2 is 2.21 bits per heavy atom. The van der Waals surface area contributed by atoms with Crippen LogP contribution in [0.2, 0.25) is 0 Å². The average Bonchev–Trinajstić information content (AvgIpc) is 3.21. The number of hydrogen-bond donors (Lipinski definition) is 2. The fraction of sp³-hybridized carbons (Fsp3) is 0.353. The largest absolute Gasteiger partial charge is 0.447 e. The molecule has 2 aromatic heterocycles. The number of hydrogen-bond acceptors (Lipinski definition) is 6. The van der Waals surface area contributed by atoms with Gasteiger partial charge in [-0.05, 0) is 51.1 Å². The lowest BCUT2D eigenvalue weighted by atomic mass is 9.94. The van der Waals surface area contributed by atoms with Gasteiger partial charge in [0.2, 0.25) is 0 Å². The molecule has 0 spiro atoms. The maximum absolute atomic E-state index is 12.6. The third kappa shape index (κ3) is 2.92. The van der Waals surface area contributed by atoms with Crippen molar-refractivity contribution in [2.75, 3.05) is 18.4 Å². The molecule has 3 heterocycles. The zero-order valence-corrected chi connectivity index (χ0v) is 14.2. The molecule has 0 unspecified atom stereocenters. The number of nitrogens with one attached hydrogen (secondary N) is 2. The van der Waals surface area contributed by atoms with Gasteiger partial charge in [0.1, 0.15) is 5.76 Å². The Morgan fingerprint density at radius 1 is 1.38 bits per heavy atom. The van der Waals surface area contributed by atoms with Crippen molar-refractivity contribution in [2.45, 2.75) is 25.7 Å². The molecule has 124 valence electrons. The molecule has 0 aliphatic carbocycles. The van der Waals surface area contributed by atoms with E-state index in [0.717, 1.165) is 46.8 Å². The molecule has 1 aliphatic heterocycles. The molecule has 4 rings (SSSR count). The Bertz CT molecular complexity index is 880. The summed E-state index contributed by atoms with van der Waals surface area (Å²) in [6.45, 7) is 3.85. The van der Waals surface area contributed by atoms with Crippen LogP contribution in [0.15, 0.2) is 29.0 Å². The summed E-state index contributed by atoms with van der Waals surface area (Å²) in [4.78, 5) is 21.2. The highest BCUT2D eigenvalue weighted by Crippen LogP contribution is 2.29. The molecular formula is C17H18N4O2S. The van der Waals surface area contributed by atoms with Crippen LogP contribution in [-0.4, -0.2) is 29.0 Å². The lowest BCUT2D eigenvalue weighted by molar-refractivity contribution is 0.102. The van der Waals surface area contributed by atoms with E-state index in [9.17, 15) is 4.79 Å². The molecular weight excluding hydrogens is 324 g/mol. The van der Waals surface area contributed by atoms with E-state index in [1.54, 1.807) is 11.3 Å². The second-order valence-corrected chi connectivity index (χ2v) is 7.19. The fourth-order valence-electron chi connectivity index (χ4n) is 3.11. The minimum Gasteiger partial charge on any atom is -0.447 e. The number of nitrogens with zero attached hydrogens (tertiary/aromatic N) is 2. The molecule has 1 aliphatic rings. The Morgan fingerprint density at radius 3 is 3.04 bits per heavy atom. The summed E-state index contributed by atoms with van der Waals surface area (Å²) in [7, 11) is 0. The Hall–Kier alpha value is -2.25. The third-order valence-corrected chi connectivity index (χ3v) is 5.21. The van der Waals surface area contributed by atoms with Gasteiger partial charge < -0.3 is 15.1 Å².